The minimum atomic E-state index is -0.225. The van der Waals surface area contributed by atoms with Gasteiger partial charge in [0.15, 0.2) is 0 Å². The fourth-order valence-electron chi connectivity index (χ4n) is 3.34. The molecule has 0 spiro atoms. The summed E-state index contributed by atoms with van der Waals surface area (Å²) in [6.45, 7) is 0.297. The number of fused-ring (bicyclic) bond motifs is 3. The number of hydrogen-bond acceptors (Lipinski definition) is 4. The molecule has 0 bridgehead atoms. The molecular formula is C22H21N3O3S. The topological polar surface area (TPSA) is 63.6 Å². The number of rotatable bonds is 5. The van der Waals surface area contributed by atoms with Gasteiger partial charge >= 0.3 is 0 Å². The van der Waals surface area contributed by atoms with Crippen LogP contribution in [0.15, 0.2) is 71.9 Å². The van der Waals surface area contributed by atoms with Crippen molar-refractivity contribution in [2.45, 2.75) is 11.6 Å². The van der Waals surface area contributed by atoms with Crippen LogP contribution in [-0.4, -0.2) is 35.8 Å². The largest absolute Gasteiger partial charge is 0.496 e. The van der Waals surface area contributed by atoms with Crippen molar-refractivity contribution in [2.24, 2.45) is 0 Å². The second-order valence-electron chi connectivity index (χ2n) is 6.56. The highest BCUT2D eigenvalue weighted by molar-refractivity contribution is 7.99. The smallest absolute Gasteiger partial charge is 0.240 e. The van der Waals surface area contributed by atoms with E-state index in [1.807, 2.05) is 71.4 Å². The highest BCUT2D eigenvalue weighted by atomic mass is 32.2. The molecule has 0 atom stereocenters. The monoisotopic (exact) mass is 407 g/mol. The van der Waals surface area contributed by atoms with Crippen LogP contribution in [0, 0.1) is 0 Å². The Morgan fingerprint density at radius 1 is 1.07 bits per heavy atom. The Morgan fingerprint density at radius 3 is 2.66 bits per heavy atom. The molecule has 1 N–H and O–H groups in total. The maximum Gasteiger partial charge on any atom is 0.240 e. The predicted molar refractivity (Wildman–Crippen MR) is 114 cm³/mol. The molecule has 3 aromatic rings. The molecule has 0 fully saturated rings. The van der Waals surface area contributed by atoms with Gasteiger partial charge < -0.3 is 19.5 Å². The number of aromatic nitrogens is 1. The van der Waals surface area contributed by atoms with E-state index in [1.165, 1.54) is 11.8 Å². The molecule has 6 nitrogen and oxygen atoms in total. The zero-order chi connectivity index (χ0) is 20.2. The number of carbonyl (C=O) groups is 2. The maximum absolute atomic E-state index is 12.9. The Balaban J connectivity index is 1.55. The fourth-order valence-corrected chi connectivity index (χ4v) is 4.24. The van der Waals surface area contributed by atoms with E-state index in [0.717, 1.165) is 27.7 Å². The zero-order valence-corrected chi connectivity index (χ0v) is 16.8. The summed E-state index contributed by atoms with van der Waals surface area (Å²) in [5.41, 5.74) is 2.49. The number of thioether (sulfide) groups is 1. The number of ether oxygens (including phenoxy) is 1. The first kappa shape index (κ1) is 19.1. The van der Waals surface area contributed by atoms with Crippen LogP contribution in [0.3, 0.4) is 0 Å². The van der Waals surface area contributed by atoms with Crippen molar-refractivity contribution < 1.29 is 14.3 Å². The number of amides is 2. The molecule has 0 unspecified atom stereocenters. The summed E-state index contributed by atoms with van der Waals surface area (Å²) in [7, 11) is 1.60. The van der Waals surface area contributed by atoms with Gasteiger partial charge in [-0.25, -0.2) is 0 Å². The Labute approximate surface area is 173 Å². The first-order valence-corrected chi connectivity index (χ1v) is 10.2. The van der Waals surface area contributed by atoms with Gasteiger partial charge in [-0.15, -0.1) is 0 Å². The van der Waals surface area contributed by atoms with Crippen LogP contribution >= 0.6 is 11.8 Å². The van der Waals surface area contributed by atoms with Crippen molar-refractivity contribution >= 4 is 29.3 Å². The van der Waals surface area contributed by atoms with Gasteiger partial charge in [-0.05, 0) is 30.3 Å². The molecule has 0 radical (unpaired) electrons. The number of carbonyl (C=O) groups excluding carboxylic acids is 2. The van der Waals surface area contributed by atoms with Gasteiger partial charge in [0.05, 0.1) is 29.3 Å². The molecule has 2 aromatic carbocycles. The van der Waals surface area contributed by atoms with Gasteiger partial charge in [0.1, 0.15) is 12.3 Å². The molecular weight excluding hydrogens is 386 g/mol. The quantitative estimate of drug-likeness (QED) is 0.705. The summed E-state index contributed by atoms with van der Waals surface area (Å²) >= 11 is 1.47. The second kappa shape index (κ2) is 8.45. The lowest BCUT2D eigenvalue weighted by Crippen LogP contribution is -2.42. The van der Waals surface area contributed by atoms with Crippen molar-refractivity contribution in [1.29, 1.82) is 0 Å². The van der Waals surface area contributed by atoms with E-state index in [1.54, 1.807) is 12.0 Å². The van der Waals surface area contributed by atoms with Crippen molar-refractivity contribution in [3.63, 3.8) is 0 Å². The molecule has 7 heteroatoms. The third-order valence-electron chi connectivity index (χ3n) is 4.76. The zero-order valence-electron chi connectivity index (χ0n) is 16.0. The molecule has 29 heavy (non-hydrogen) atoms. The minimum Gasteiger partial charge on any atom is -0.496 e. The summed E-state index contributed by atoms with van der Waals surface area (Å²) in [6.07, 6.45) is 1.97. The lowest BCUT2D eigenvalue weighted by molar-refractivity contribution is -0.123. The maximum atomic E-state index is 12.9. The van der Waals surface area contributed by atoms with Gasteiger partial charge in [0, 0.05) is 18.3 Å². The molecule has 1 aliphatic rings. The number of methoxy groups -OCH3 is 1. The van der Waals surface area contributed by atoms with Gasteiger partial charge in [0.25, 0.3) is 0 Å². The van der Waals surface area contributed by atoms with Crippen LogP contribution in [0.2, 0.25) is 0 Å². The first-order chi connectivity index (χ1) is 14.2. The molecule has 2 amide bonds. The van der Waals surface area contributed by atoms with Crippen molar-refractivity contribution in [1.82, 2.24) is 9.88 Å². The molecule has 1 aromatic heterocycles. The summed E-state index contributed by atoms with van der Waals surface area (Å²) in [5.74, 6) is 0.676. The van der Waals surface area contributed by atoms with Crippen LogP contribution in [0.4, 0.5) is 5.69 Å². The van der Waals surface area contributed by atoms with Crippen LogP contribution in [0.25, 0.3) is 5.69 Å². The summed E-state index contributed by atoms with van der Waals surface area (Å²) < 4.78 is 7.37. The Bertz CT molecular complexity index is 1050. The highest BCUT2D eigenvalue weighted by Gasteiger charge is 2.25. The molecule has 1 aliphatic heterocycles. The molecule has 148 valence electrons. The van der Waals surface area contributed by atoms with Gasteiger partial charge in [0.2, 0.25) is 11.8 Å². The third kappa shape index (κ3) is 4.00. The average molecular weight is 407 g/mol. The molecule has 2 heterocycles. The van der Waals surface area contributed by atoms with E-state index in [4.69, 9.17) is 4.74 Å². The Morgan fingerprint density at radius 2 is 1.83 bits per heavy atom. The first-order valence-electron chi connectivity index (χ1n) is 9.26. The SMILES string of the molecule is COc1ccccc1CNC(=O)CN1C(=O)CSc2cccn2-c2ccccc21. The van der Waals surface area contributed by atoms with Crippen molar-refractivity contribution in [2.75, 3.05) is 24.3 Å². The molecule has 0 saturated carbocycles. The van der Waals surface area contributed by atoms with Crippen molar-refractivity contribution in [3.05, 3.63) is 72.4 Å². The van der Waals surface area contributed by atoms with Crippen molar-refractivity contribution in [3.8, 4) is 11.4 Å². The van der Waals surface area contributed by atoms with Crippen LogP contribution < -0.4 is 15.0 Å². The lowest BCUT2D eigenvalue weighted by Gasteiger charge is -2.27. The minimum absolute atomic E-state index is 0.0395. The molecule has 0 aliphatic carbocycles. The number of nitrogens with one attached hydrogen (secondary N) is 1. The van der Waals surface area contributed by atoms with Crippen LogP contribution in [0.5, 0.6) is 5.75 Å². The highest BCUT2D eigenvalue weighted by Crippen LogP contribution is 2.33. The number of anilines is 1. The predicted octanol–water partition coefficient (Wildman–Crippen LogP) is 3.24. The van der Waals surface area contributed by atoms with E-state index >= 15 is 0 Å². The van der Waals surface area contributed by atoms with E-state index in [-0.39, 0.29) is 24.1 Å². The summed E-state index contributed by atoms with van der Waals surface area (Å²) in [5, 5.41) is 3.90. The standard InChI is InChI=1S/C22H21N3O3S/c1-28-19-10-5-2-7-16(19)13-23-20(26)14-25-18-9-4-3-8-17(18)24-12-6-11-22(24)29-15-21(25)27/h2-12H,13-15H2,1H3,(H,23,26). The lowest BCUT2D eigenvalue weighted by atomic mass is 10.2. The molecule has 0 saturated heterocycles. The van der Waals surface area contributed by atoms with Gasteiger partial charge in [-0.1, -0.05) is 42.1 Å². The second-order valence-corrected chi connectivity index (χ2v) is 7.56. The van der Waals surface area contributed by atoms with Crippen LogP contribution in [0.1, 0.15) is 5.56 Å². The van der Waals surface area contributed by atoms with Crippen LogP contribution in [-0.2, 0) is 16.1 Å². The molecule has 4 rings (SSSR count). The van der Waals surface area contributed by atoms with E-state index < -0.39 is 0 Å². The van der Waals surface area contributed by atoms with Gasteiger partial charge in [-0.2, -0.15) is 0 Å². The van der Waals surface area contributed by atoms with E-state index in [9.17, 15) is 9.59 Å². The Kier molecular flexibility index (Phi) is 5.57. The number of hydrogen-bond donors (Lipinski definition) is 1. The van der Waals surface area contributed by atoms with Gasteiger partial charge in [-0.3, -0.25) is 9.59 Å². The fraction of sp³-hybridized carbons (Fsp3) is 0.182. The third-order valence-corrected chi connectivity index (χ3v) is 5.78. The number of para-hydroxylation sites is 3. The average Bonchev–Trinajstić information content (AvgIpc) is 3.22. The number of benzene rings is 2. The van der Waals surface area contributed by atoms with E-state index in [2.05, 4.69) is 5.32 Å². The summed E-state index contributed by atoms with van der Waals surface area (Å²) in [4.78, 5) is 27.1. The Hall–Kier alpha value is -3.19. The van der Waals surface area contributed by atoms with E-state index in [0.29, 0.717) is 6.54 Å². The number of nitrogens with zero attached hydrogens (tertiary/aromatic N) is 2. The summed E-state index contributed by atoms with van der Waals surface area (Å²) in [6, 6.07) is 19.1. The normalized spacial score (nSPS) is 13.1.